The number of hydrogen-bond acceptors (Lipinski definition) is 3. The van der Waals surface area contributed by atoms with Gasteiger partial charge in [0.05, 0.1) is 12.6 Å². The molecule has 14 heavy (non-hydrogen) atoms. The molecule has 0 aromatic carbocycles. The summed E-state index contributed by atoms with van der Waals surface area (Å²) in [6.07, 6.45) is 2.99. The lowest BCUT2D eigenvalue weighted by Gasteiger charge is -2.17. The van der Waals surface area contributed by atoms with E-state index in [-0.39, 0.29) is 11.9 Å². The summed E-state index contributed by atoms with van der Waals surface area (Å²) in [5.41, 5.74) is 0. The Balaban J connectivity index is 2.20. The Labute approximate surface area is 85.4 Å². The highest BCUT2D eigenvalue weighted by molar-refractivity contribution is 5.76. The van der Waals surface area contributed by atoms with Gasteiger partial charge < -0.3 is 15.4 Å². The van der Waals surface area contributed by atoms with E-state index in [1.54, 1.807) is 7.11 Å². The summed E-state index contributed by atoms with van der Waals surface area (Å²) >= 11 is 0. The molecule has 1 aliphatic carbocycles. The monoisotopic (exact) mass is 200 g/mol. The Hall–Kier alpha value is -0.610. The molecule has 0 heterocycles. The van der Waals surface area contributed by atoms with Gasteiger partial charge >= 0.3 is 0 Å². The third-order valence-electron chi connectivity index (χ3n) is 2.49. The van der Waals surface area contributed by atoms with Gasteiger partial charge in [-0.25, -0.2) is 0 Å². The van der Waals surface area contributed by atoms with E-state index in [0.29, 0.717) is 18.9 Å². The van der Waals surface area contributed by atoms with Crippen LogP contribution in [0.5, 0.6) is 0 Å². The molecular formula is C10H20N2O2. The van der Waals surface area contributed by atoms with Crippen LogP contribution in [0.1, 0.15) is 19.3 Å². The second-order valence-electron chi connectivity index (χ2n) is 3.82. The standard InChI is InChI=1S/C10H20N2O2/c1-11-6-5-10(13)12-9(7-14-2)8-3-4-8/h8-9,11H,3-7H2,1-2H3,(H,12,13). The normalized spacial score (nSPS) is 17.9. The van der Waals surface area contributed by atoms with Crippen molar-refractivity contribution in [1.82, 2.24) is 10.6 Å². The first-order chi connectivity index (χ1) is 6.77. The number of nitrogens with one attached hydrogen (secondary N) is 2. The molecule has 1 fully saturated rings. The fraction of sp³-hybridized carbons (Fsp3) is 0.900. The van der Waals surface area contributed by atoms with E-state index in [2.05, 4.69) is 10.6 Å². The Morgan fingerprint density at radius 2 is 2.29 bits per heavy atom. The fourth-order valence-electron chi connectivity index (χ4n) is 1.49. The smallest absolute Gasteiger partial charge is 0.221 e. The number of carbonyl (C=O) groups excluding carboxylic acids is 1. The van der Waals surface area contributed by atoms with Gasteiger partial charge in [0.15, 0.2) is 0 Å². The van der Waals surface area contributed by atoms with Gasteiger partial charge in [0.2, 0.25) is 5.91 Å². The summed E-state index contributed by atoms with van der Waals surface area (Å²) in [6.45, 7) is 1.37. The Morgan fingerprint density at radius 1 is 1.57 bits per heavy atom. The van der Waals surface area contributed by atoms with Crippen LogP contribution in [0.2, 0.25) is 0 Å². The van der Waals surface area contributed by atoms with Crippen LogP contribution < -0.4 is 10.6 Å². The van der Waals surface area contributed by atoms with Crippen molar-refractivity contribution in [2.24, 2.45) is 5.92 Å². The van der Waals surface area contributed by atoms with Gasteiger partial charge in [-0.15, -0.1) is 0 Å². The molecule has 2 N–H and O–H groups in total. The minimum absolute atomic E-state index is 0.119. The van der Waals surface area contributed by atoms with Crippen molar-refractivity contribution >= 4 is 5.91 Å². The molecule has 4 heteroatoms. The molecule has 1 atom stereocenters. The van der Waals surface area contributed by atoms with E-state index < -0.39 is 0 Å². The summed E-state index contributed by atoms with van der Waals surface area (Å²) in [6, 6.07) is 0.226. The molecule has 1 saturated carbocycles. The van der Waals surface area contributed by atoms with Gasteiger partial charge in [-0.05, 0) is 25.8 Å². The maximum absolute atomic E-state index is 11.4. The Kier molecular flexibility index (Phi) is 4.90. The van der Waals surface area contributed by atoms with Gasteiger partial charge in [-0.3, -0.25) is 4.79 Å². The number of hydrogen-bond donors (Lipinski definition) is 2. The third kappa shape index (κ3) is 4.07. The first-order valence-electron chi connectivity index (χ1n) is 5.20. The Bertz CT molecular complexity index is 181. The highest BCUT2D eigenvalue weighted by Crippen LogP contribution is 2.32. The highest BCUT2D eigenvalue weighted by Gasteiger charge is 2.31. The van der Waals surface area contributed by atoms with Gasteiger partial charge in [0.1, 0.15) is 0 Å². The van der Waals surface area contributed by atoms with Crippen LogP contribution in [0.15, 0.2) is 0 Å². The van der Waals surface area contributed by atoms with Crippen LogP contribution in [0, 0.1) is 5.92 Å². The molecule has 4 nitrogen and oxygen atoms in total. The summed E-state index contributed by atoms with van der Waals surface area (Å²) in [7, 11) is 3.52. The first kappa shape index (κ1) is 11.5. The van der Waals surface area contributed by atoms with E-state index in [0.717, 1.165) is 6.54 Å². The van der Waals surface area contributed by atoms with Crippen LogP contribution in [0.25, 0.3) is 0 Å². The number of ether oxygens (including phenoxy) is 1. The average molecular weight is 200 g/mol. The van der Waals surface area contributed by atoms with Crippen LogP contribution in [0.4, 0.5) is 0 Å². The minimum Gasteiger partial charge on any atom is -0.383 e. The maximum atomic E-state index is 11.4. The molecule has 0 aliphatic heterocycles. The zero-order chi connectivity index (χ0) is 10.4. The molecule has 0 aromatic rings. The average Bonchev–Trinajstić information content (AvgIpc) is 2.97. The Morgan fingerprint density at radius 3 is 2.79 bits per heavy atom. The molecule has 0 radical (unpaired) electrons. The van der Waals surface area contributed by atoms with Crippen molar-refractivity contribution in [3.05, 3.63) is 0 Å². The van der Waals surface area contributed by atoms with E-state index in [4.69, 9.17) is 4.74 Å². The SMILES string of the molecule is CNCCC(=O)NC(COC)C1CC1. The van der Waals surface area contributed by atoms with Gasteiger partial charge in [0, 0.05) is 20.1 Å². The van der Waals surface area contributed by atoms with Crippen LogP contribution in [0.3, 0.4) is 0 Å². The molecule has 1 aliphatic rings. The lowest BCUT2D eigenvalue weighted by atomic mass is 10.2. The molecule has 0 saturated heterocycles. The number of methoxy groups -OCH3 is 1. The summed E-state index contributed by atoms with van der Waals surface area (Å²) in [5, 5.41) is 5.97. The second kappa shape index (κ2) is 5.98. The predicted octanol–water partition coefficient (Wildman–Crippen LogP) is 0.137. The zero-order valence-corrected chi connectivity index (χ0v) is 9.01. The van der Waals surface area contributed by atoms with E-state index in [1.165, 1.54) is 12.8 Å². The van der Waals surface area contributed by atoms with Crippen LogP contribution >= 0.6 is 0 Å². The van der Waals surface area contributed by atoms with Gasteiger partial charge in [-0.1, -0.05) is 0 Å². The van der Waals surface area contributed by atoms with Crippen LogP contribution in [-0.2, 0) is 9.53 Å². The highest BCUT2D eigenvalue weighted by atomic mass is 16.5. The van der Waals surface area contributed by atoms with Crippen molar-refractivity contribution in [1.29, 1.82) is 0 Å². The summed E-state index contributed by atoms with van der Waals surface area (Å²) in [5.74, 6) is 0.766. The summed E-state index contributed by atoms with van der Waals surface area (Å²) < 4.78 is 5.08. The molecule has 0 spiro atoms. The topological polar surface area (TPSA) is 50.4 Å². The first-order valence-corrected chi connectivity index (χ1v) is 5.20. The van der Waals surface area contributed by atoms with E-state index in [9.17, 15) is 4.79 Å². The molecule has 1 amide bonds. The van der Waals surface area contributed by atoms with E-state index >= 15 is 0 Å². The number of amides is 1. The molecular weight excluding hydrogens is 180 g/mol. The lowest BCUT2D eigenvalue weighted by molar-refractivity contribution is -0.122. The predicted molar refractivity (Wildman–Crippen MR) is 55.1 cm³/mol. The van der Waals surface area contributed by atoms with Gasteiger partial charge in [0.25, 0.3) is 0 Å². The summed E-state index contributed by atoms with van der Waals surface area (Å²) in [4.78, 5) is 11.4. The van der Waals surface area contributed by atoms with Crippen molar-refractivity contribution in [3.63, 3.8) is 0 Å². The number of rotatable bonds is 7. The minimum atomic E-state index is 0.119. The van der Waals surface area contributed by atoms with Crippen molar-refractivity contribution in [2.75, 3.05) is 27.3 Å². The largest absolute Gasteiger partial charge is 0.383 e. The van der Waals surface area contributed by atoms with Gasteiger partial charge in [-0.2, -0.15) is 0 Å². The van der Waals surface area contributed by atoms with Crippen molar-refractivity contribution in [3.8, 4) is 0 Å². The fourth-order valence-corrected chi connectivity index (χ4v) is 1.49. The second-order valence-corrected chi connectivity index (χ2v) is 3.82. The molecule has 1 rings (SSSR count). The van der Waals surface area contributed by atoms with Crippen molar-refractivity contribution < 1.29 is 9.53 Å². The molecule has 0 bridgehead atoms. The maximum Gasteiger partial charge on any atom is 0.221 e. The molecule has 1 unspecified atom stereocenters. The third-order valence-corrected chi connectivity index (χ3v) is 2.49. The van der Waals surface area contributed by atoms with Crippen molar-refractivity contribution in [2.45, 2.75) is 25.3 Å². The van der Waals surface area contributed by atoms with Crippen LogP contribution in [-0.4, -0.2) is 39.3 Å². The molecule has 82 valence electrons. The lowest BCUT2D eigenvalue weighted by Crippen LogP contribution is -2.40. The van der Waals surface area contributed by atoms with E-state index in [1.807, 2.05) is 7.05 Å². The number of carbonyl (C=O) groups is 1. The zero-order valence-electron chi connectivity index (χ0n) is 9.01. The quantitative estimate of drug-likeness (QED) is 0.614. The molecule has 0 aromatic heterocycles.